The molecule has 2 N–H and O–H groups in total. The van der Waals surface area contributed by atoms with Gasteiger partial charge in [0.2, 0.25) is 0 Å². The van der Waals surface area contributed by atoms with Crippen molar-refractivity contribution < 1.29 is 48.2 Å². The molecule has 10 heteroatoms. The molecule has 0 aliphatic carbocycles. The molecule has 0 saturated heterocycles. The first-order valence-electron chi connectivity index (χ1n) is 9.18. The van der Waals surface area contributed by atoms with Gasteiger partial charge in [0.15, 0.2) is 6.10 Å². The van der Waals surface area contributed by atoms with E-state index < -0.39 is 30.8 Å². The second-order valence-corrected chi connectivity index (χ2v) is 5.71. The Labute approximate surface area is 171 Å². The second kappa shape index (κ2) is 18.2. The van der Waals surface area contributed by atoms with Crippen molar-refractivity contribution in [2.24, 2.45) is 0 Å². The van der Waals surface area contributed by atoms with Gasteiger partial charge in [-0.2, -0.15) is 0 Å². The van der Waals surface area contributed by atoms with E-state index in [1.54, 1.807) is 0 Å². The summed E-state index contributed by atoms with van der Waals surface area (Å²) in [5.74, 6) is -1.15. The fraction of sp³-hybridized carbons (Fsp3) is 0.684. The number of hydrogen-bond acceptors (Lipinski definition) is 10. The lowest BCUT2D eigenvalue weighted by molar-refractivity contribution is -0.164. The van der Waals surface area contributed by atoms with Crippen LogP contribution in [-0.2, 0) is 38.0 Å². The van der Waals surface area contributed by atoms with Crippen molar-refractivity contribution in [3.63, 3.8) is 0 Å². The van der Waals surface area contributed by atoms with Gasteiger partial charge in [0.05, 0.1) is 59.5 Å². The standard InChI is InChI=1S/C19H32O10/c1-4-18(22)28-12-10-25-7-8-26-14-17(29-19(23)15(2)3)16(13-21)27-11-9-24-6-5-20/h4,16-17,20-21H,1-2,5-14H2,3H3. The lowest BCUT2D eigenvalue weighted by Gasteiger charge is -2.26. The highest BCUT2D eigenvalue weighted by atomic mass is 16.6. The summed E-state index contributed by atoms with van der Waals surface area (Å²) < 4.78 is 31.3. The Kier molecular flexibility index (Phi) is 17.1. The third kappa shape index (κ3) is 14.8. The zero-order chi connectivity index (χ0) is 21.9. The van der Waals surface area contributed by atoms with Gasteiger partial charge in [0.1, 0.15) is 12.7 Å². The van der Waals surface area contributed by atoms with Crippen molar-refractivity contribution in [1.29, 1.82) is 0 Å². The fourth-order valence-electron chi connectivity index (χ4n) is 1.84. The number of hydrogen-bond donors (Lipinski definition) is 2. The van der Waals surface area contributed by atoms with Crippen LogP contribution in [0, 0.1) is 0 Å². The summed E-state index contributed by atoms with van der Waals surface area (Å²) in [6.07, 6.45) is -0.626. The number of aliphatic hydroxyl groups is 2. The van der Waals surface area contributed by atoms with Crippen molar-refractivity contribution in [2.45, 2.75) is 19.1 Å². The molecule has 0 heterocycles. The predicted octanol–water partition coefficient (Wildman–Crippen LogP) is -0.377. The summed E-state index contributed by atoms with van der Waals surface area (Å²) in [5, 5.41) is 18.2. The SMILES string of the molecule is C=CC(=O)OCCOCCOCC(OC(=O)C(=C)C)C(CO)OCCOCCO. The zero-order valence-corrected chi connectivity index (χ0v) is 16.9. The average Bonchev–Trinajstić information content (AvgIpc) is 2.71. The van der Waals surface area contributed by atoms with Gasteiger partial charge in [-0.15, -0.1) is 0 Å². The summed E-state index contributed by atoms with van der Waals surface area (Å²) in [5.41, 5.74) is 0.204. The molecule has 0 aromatic rings. The van der Waals surface area contributed by atoms with Crippen LogP contribution in [0.5, 0.6) is 0 Å². The maximum absolute atomic E-state index is 11.8. The van der Waals surface area contributed by atoms with E-state index in [4.69, 9.17) is 33.5 Å². The molecule has 0 amide bonds. The largest absolute Gasteiger partial charge is 0.460 e. The maximum atomic E-state index is 11.8. The third-order valence-electron chi connectivity index (χ3n) is 3.29. The van der Waals surface area contributed by atoms with E-state index in [2.05, 4.69) is 13.2 Å². The summed E-state index contributed by atoms with van der Waals surface area (Å²) in [6, 6.07) is 0. The van der Waals surface area contributed by atoms with Crippen LogP contribution in [0.1, 0.15) is 6.92 Å². The van der Waals surface area contributed by atoms with E-state index in [-0.39, 0.29) is 65.0 Å². The van der Waals surface area contributed by atoms with Crippen molar-refractivity contribution in [1.82, 2.24) is 0 Å². The summed E-state index contributed by atoms with van der Waals surface area (Å²) in [7, 11) is 0. The predicted molar refractivity (Wildman–Crippen MR) is 102 cm³/mol. The number of rotatable bonds is 19. The molecule has 10 nitrogen and oxygen atoms in total. The van der Waals surface area contributed by atoms with Gasteiger partial charge >= 0.3 is 11.9 Å². The Morgan fingerprint density at radius 3 is 2.17 bits per heavy atom. The van der Waals surface area contributed by atoms with Crippen LogP contribution in [-0.4, -0.2) is 100 Å². The van der Waals surface area contributed by atoms with Gasteiger partial charge in [-0.05, 0) is 6.92 Å². The summed E-state index contributed by atoms with van der Waals surface area (Å²) >= 11 is 0. The zero-order valence-electron chi connectivity index (χ0n) is 16.9. The molecule has 0 radical (unpaired) electrons. The molecule has 0 aromatic heterocycles. The number of ether oxygens (including phenoxy) is 6. The van der Waals surface area contributed by atoms with Crippen molar-refractivity contribution in [3.05, 3.63) is 24.8 Å². The van der Waals surface area contributed by atoms with Crippen molar-refractivity contribution >= 4 is 11.9 Å². The van der Waals surface area contributed by atoms with Crippen LogP contribution < -0.4 is 0 Å². The topological polar surface area (TPSA) is 130 Å². The number of carbonyl (C=O) groups excluding carboxylic acids is 2. The minimum atomic E-state index is -0.865. The summed E-state index contributed by atoms with van der Waals surface area (Å²) in [6.45, 7) is 9.02. The first-order valence-corrected chi connectivity index (χ1v) is 9.18. The van der Waals surface area contributed by atoms with E-state index in [1.165, 1.54) is 6.92 Å². The molecule has 2 unspecified atom stereocenters. The minimum Gasteiger partial charge on any atom is -0.460 e. The number of esters is 2. The van der Waals surface area contributed by atoms with Gasteiger partial charge in [-0.25, -0.2) is 9.59 Å². The van der Waals surface area contributed by atoms with E-state index in [1.807, 2.05) is 0 Å². The van der Waals surface area contributed by atoms with Crippen LogP contribution in [0.25, 0.3) is 0 Å². The highest BCUT2D eigenvalue weighted by Gasteiger charge is 2.26. The molecule has 0 fully saturated rings. The lowest BCUT2D eigenvalue weighted by Crippen LogP contribution is -2.40. The van der Waals surface area contributed by atoms with Crippen LogP contribution in [0.3, 0.4) is 0 Å². The monoisotopic (exact) mass is 420 g/mol. The average molecular weight is 420 g/mol. The quantitative estimate of drug-likeness (QED) is 0.162. The number of aliphatic hydroxyl groups excluding tert-OH is 2. The first-order chi connectivity index (χ1) is 14.0. The first kappa shape index (κ1) is 27.2. The van der Waals surface area contributed by atoms with Crippen LogP contribution >= 0.6 is 0 Å². The Morgan fingerprint density at radius 2 is 1.55 bits per heavy atom. The Bertz CT molecular complexity index is 480. The molecule has 0 saturated carbocycles. The maximum Gasteiger partial charge on any atom is 0.333 e. The molecule has 168 valence electrons. The Balaban J connectivity index is 4.30. The molecule has 0 aromatic carbocycles. The van der Waals surface area contributed by atoms with Gasteiger partial charge in [0, 0.05) is 11.6 Å². The second-order valence-electron chi connectivity index (χ2n) is 5.71. The minimum absolute atomic E-state index is 0.0312. The van der Waals surface area contributed by atoms with E-state index in [0.717, 1.165) is 6.08 Å². The third-order valence-corrected chi connectivity index (χ3v) is 3.29. The van der Waals surface area contributed by atoms with Gasteiger partial charge in [0.25, 0.3) is 0 Å². The molecular weight excluding hydrogens is 388 g/mol. The molecule has 0 aliphatic heterocycles. The Hall–Kier alpha value is -1.82. The van der Waals surface area contributed by atoms with Gasteiger partial charge in [-0.3, -0.25) is 0 Å². The molecular formula is C19H32O10. The van der Waals surface area contributed by atoms with Gasteiger partial charge in [-0.1, -0.05) is 13.2 Å². The normalized spacial score (nSPS) is 12.8. The lowest BCUT2D eigenvalue weighted by atomic mass is 10.2. The van der Waals surface area contributed by atoms with Crippen LogP contribution in [0.4, 0.5) is 0 Å². The molecule has 2 atom stereocenters. The van der Waals surface area contributed by atoms with E-state index in [9.17, 15) is 14.7 Å². The highest BCUT2D eigenvalue weighted by molar-refractivity contribution is 5.87. The highest BCUT2D eigenvalue weighted by Crippen LogP contribution is 2.08. The molecule has 0 rings (SSSR count). The van der Waals surface area contributed by atoms with Crippen LogP contribution in [0.15, 0.2) is 24.8 Å². The fourth-order valence-corrected chi connectivity index (χ4v) is 1.84. The van der Waals surface area contributed by atoms with Crippen molar-refractivity contribution in [3.8, 4) is 0 Å². The molecule has 0 aliphatic rings. The van der Waals surface area contributed by atoms with E-state index >= 15 is 0 Å². The number of carbonyl (C=O) groups is 2. The Morgan fingerprint density at radius 1 is 0.931 bits per heavy atom. The molecule has 29 heavy (non-hydrogen) atoms. The van der Waals surface area contributed by atoms with Crippen molar-refractivity contribution in [2.75, 3.05) is 66.1 Å². The van der Waals surface area contributed by atoms with Crippen LogP contribution in [0.2, 0.25) is 0 Å². The van der Waals surface area contributed by atoms with E-state index in [0.29, 0.717) is 0 Å². The molecule has 0 spiro atoms. The summed E-state index contributed by atoms with van der Waals surface area (Å²) in [4.78, 5) is 22.7. The molecule has 0 bridgehead atoms. The smallest absolute Gasteiger partial charge is 0.333 e. The van der Waals surface area contributed by atoms with Gasteiger partial charge < -0.3 is 38.6 Å².